The van der Waals surface area contributed by atoms with Crippen molar-refractivity contribution in [1.82, 2.24) is 4.98 Å². The molecule has 1 unspecified atom stereocenters. The lowest BCUT2D eigenvalue weighted by Gasteiger charge is -2.07. The summed E-state index contributed by atoms with van der Waals surface area (Å²) >= 11 is 0. The Morgan fingerprint density at radius 1 is 1.75 bits per heavy atom. The Morgan fingerprint density at radius 2 is 2.50 bits per heavy atom. The van der Waals surface area contributed by atoms with Gasteiger partial charge in [0.15, 0.2) is 11.6 Å². The van der Waals surface area contributed by atoms with E-state index in [2.05, 4.69) is 10.3 Å². The molecule has 12 heavy (non-hydrogen) atoms. The van der Waals surface area contributed by atoms with Gasteiger partial charge >= 0.3 is 0 Å². The number of pyridine rings is 1. The van der Waals surface area contributed by atoms with Crippen molar-refractivity contribution in [3.63, 3.8) is 0 Å². The van der Waals surface area contributed by atoms with Crippen LogP contribution in [0.2, 0.25) is 0 Å². The Morgan fingerprint density at radius 3 is 3.08 bits per heavy atom. The van der Waals surface area contributed by atoms with Crippen LogP contribution in [-0.4, -0.2) is 17.6 Å². The highest BCUT2D eigenvalue weighted by Crippen LogP contribution is 2.07. The number of nitrogens with two attached hydrogens (primary N) is 1. The molecule has 66 valence electrons. The summed E-state index contributed by atoms with van der Waals surface area (Å²) in [6, 6.07) is 2.90. The molecule has 0 radical (unpaired) electrons. The summed E-state index contributed by atoms with van der Waals surface area (Å²) in [5, 5.41) is 2.80. The van der Waals surface area contributed by atoms with Crippen molar-refractivity contribution in [1.29, 1.82) is 0 Å². The fourth-order valence-corrected chi connectivity index (χ4v) is 0.773. The Labute approximate surface area is 70.8 Å². The van der Waals surface area contributed by atoms with Gasteiger partial charge in [-0.2, -0.15) is 0 Å². The minimum Gasteiger partial charge on any atom is -0.366 e. The van der Waals surface area contributed by atoms with E-state index in [0.29, 0.717) is 6.54 Å². The SMILES string of the molecule is CC(N)CNc1ncccc1F. The molecule has 1 aromatic rings. The summed E-state index contributed by atoms with van der Waals surface area (Å²) in [5.41, 5.74) is 5.48. The maximum Gasteiger partial charge on any atom is 0.165 e. The standard InChI is InChI=1S/C8H12FN3/c1-6(10)5-12-8-7(9)3-2-4-11-8/h2-4,6H,5,10H2,1H3,(H,11,12). The normalized spacial score (nSPS) is 12.6. The van der Waals surface area contributed by atoms with Crippen molar-refractivity contribution in [2.45, 2.75) is 13.0 Å². The van der Waals surface area contributed by atoms with Gasteiger partial charge in [-0.1, -0.05) is 0 Å². The molecule has 0 amide bonds. The van der Waals surface area contributed by atoms with Gasteiger partial charge in [-0.3, -0.25) is 0 Å². The van der Waals surface area contributed by atoms with Gasteiger partial charge in [-0.25, -0.2) is 9.37 Å². The van der Waals surface area contributed by atoms with E-state index in [-0.39, 0.29) is 17.7 Å². The van der Waals surface area contributed by atoms with Crippen molar-refractivity contribution in [3.8, 4) is 0 Å². The van der Waals surface area contributed by atoms with Gasteiger partial charge in [-0.05, 0) is 19.1 Å². The van der Waals surface area contributed by atoms with Crippen molar-refractivity contribution in [2.24, 2.45) is 5.73 Å². The summed E-state index contributed by atoms with van der Waals surface area (Å²) in [4.78, 5) is 3.81. The maximum atomic E-state index is 12.9. The van der Waals surface area contributed by atoms with Crippen molar-refractivity contribution < 1.29 is 4.39 Å². The van der Waals surface area contributed by atoms with Gasteiger partial charge in [-0.15, -0.1) is 0 Å². The number of nitrogens with one attached hydrogen (secondary N) is 1. The van der Waals surface area contributed by atoms with E-state index in [9.17, 15) is 4.39 Å². The van der Waals surface area contributed by atoms with Crippen LogP contribution in [0, 0.1) is 5.82 Å². The quantitative estimate of drug-likeness (QED) is 0.709. The summed E-state index contributed by atoms with van der Waals surface area (Å²) in [5.74, 6) is -0.0899. The van der Waals surface area contributed by atoms with Crippen LogP contribution in [0.3, 0.4) is 0 Å². The molecule has 4 heteroatoms. The second-order valence-corrected chi connectivity index (χ2v) is 2.69. The number of hydrogen-bond donors (Lipinski definition) is 2. The first kappa shape index (κ1) is 8.93. The van der Waals surface area contributed by atoms with Crippen LogP contribution < -0.4 is 11.1 Å². The molecule has 0 saturated heterocycles. The topological polar surface area (TPSA) is 50.9 Å². The van der Waals surface area contributed by atoms with E-state index in [0.717, 1.165) is 0 Å². The Balaban J connectivity index is 2.57. The fourth-order valence-electron chi connectivity index (χ4n) is 0.773. The van der Waals surface area contributed by atoms with Gasteiger partial charge in [0.2, 0.25) is 0 Å². The first-order chi connectivity index (χ1) is 5.70. The van der Waals surface area contributed by atoms with E-state index in [1.807, 2.05) is 6.92 Å². The molecular formula is C8H12FN3. The molecule has 1 rings (SSSR count). The van der Waals surface area contributed by atoms with Gasteiger partial charge in [0.25, 0.3) is 0 Å². The first-order valence-electron chi connectivity index (χ1n) is 3.80. The highest BCUT2D eigenvalue weighted by Gasteiger charge is 2.01. The summed E-state index contributed by atoms with van der Waals surface area (Å²) in [6.07, 6.45) is 1.53. The summed E-state index contributed by atoms with van der Waals surface area (Å²) < 4.78 is 12.9. The van der Waals surface area contributed by atoms with Crippen molar-refractivity contribution >= 4 is 5.82 Å². The van der Waals surface area contributed by atoms with Gasteiger partial charge in [0.1, 0.15) is 0 Å². The number of halogens is 1. The molecule has 0 aliphatic carbocycles. The number of rotatable bonds is 3. The van der Waals surface area contributed by atoms with Gasteiger partial charge < -0.3 is 11.1 Å². The Bertz CT molecular complexity index is 250. The molecule has 1 atom stereocenters. The lowest BCUT2D eigenvalue weighted by atomic mass is 10.3. The van der Waals surface area contributed by atoms with Crippen LogP contribution >= 0.6 is 0 Å². The highest BCUT2D eigenvalue weighted by atomic mass is 19.1. The summed E-state index contributed by atoms with van der Waals surface area (Å²) in [7, 11) is 0. The number of aromatic nitrogens is 1. The molecule has 0 fully saturated rings. The van der Waals surface area contributed by atoms with Crippen LogP contribution in [0.5, 0.6) is 0 Å². The third-order valence-corrected chi connectivity index (χ3v) is 1.35. The van der Waals surface area contributed by atoms with Gasteiger partial charge in [0, 0.05) is 18.8 Å². The molecule has 0 aromatic carbocycles. The van der Waals surface area contributed by atoms with E-state index in [4.69, 9.17) is 5.73 Å². The van der Waals surface area contributed by atoms with Crippen LogP contribution in [0.4, 0.5) is 10.2 Å². The fraction of sp³-hybridized carbons (Fsp3) is 0.375. The predicted octanol–water partition coefficient (Wildman–Crippen LogP) is 0.980. The lowest BCUT2D eigenvalue weighted by molar-refractivity contribution is 0.622. The first-order valence-corrected chi connectivity index (χ1v) is 3.80. The third-order valence-electron chi connectivity index (χ3n) is 1.35. The van der Waals surface area contributed by atoms with E-state index in [1.165, 1.54) is 12.3 Å². The van der Waals surface area contributed by atoms with Crippen molar-refractivity contribution in [2.75, 3.05) is 11.9 Å². The minimum atomic E-state index is -0.349. The number of nitrogens with zero attached hydrogens (tertiary/aromatic N) is 1. The molecule has 0 bridgehead atoms. The van der Waals surface area contributed by atoms with Crippen LogP contribution in [-0.2, 0) is 0 Å². The molecule has 0 saturated carbocycles. The van der Waals surface area contributed by atoms with Crippen LogP contribution in [0.1, 0.15) is 6.92 Å². The average molecular weight is 169 g/mol. The average Bonchev–Trinajstić information content (AvgIpc) is 2.03. The van der Waals surface area contributed by atoms with E-state index < -0.39 is 0 Å². The van der Waals surface area contributed by atoms with Crippen molar-refractivity contribution in [3.05, 3.63) is 24.1 Å². The molecule has 0 spiro atoms. The second-order valence-electron chi connectivity index (χ2n) is 2.69. The van der Waals surface area contributed by atoms with E-state index >= 15 is 0 Å². The predicted molar refractivity (Wildman–Crippen MR) is 46.3 cm³/mol. The molecule has 1 aromatic heterocycles. The number of anilines is 1. The summed E-state index contributed by atoms with van der Waals surface area (Å²) in [6.45, 7) is 2.36. The smallest absolute Gasteiger partial charge is 0.165 e. The largest absolute Gasteiger partial charge is 0.366 e. The third kappa shape index (κ3) is 2.47. The highest BCUT2D eigenvalue weighted by molar-refractivity contribution is 5.35. The molecule has 0 aliphatic rings. The molecule has 1 heterocycles. The lowest BCUT2D eigenvalue weighted by Crippen LogP contribution is -2.25. The zero-order valence-electron chi connectivity index (χ0n) is 6.92. The van der Waals surface area contributed by atoms with E-state index in [1.54, 1.807) is 6.07 Å². The second kappa shape index (κ2) is 4.01. The number of hydrogen-bond acceptors (Lipinski definition) is 3. The Hall–Kier alpha value is -1.16. The van der Waals surface area contributed by atoms with Crippen LogP contribution in [0.25, 0.3) is 0 Å². The molecule has 0 aliphatic heterocycles. The minimum absolute atomic E-state index is 0.00796. The molecular weight excluding hydrogens is 157 g/mol. The Kier molecular flexibility index (Phi) is 2.99. The molecule has 3 N–H and O–H groups in total. The zero-order chi connectivity index (χ0) is 8.97. The maximum absolute atomic E-state index is 12.9. The zero-order valence-corrected chi connectivity index (χ0v) is 6.92. The molecule has 3 nitrogen and oxygen atoms in total. The van der Waals surface area contributed by atoms with Gasteiger partial charge in [0.05, 0.1) is 0 Å². The van der Waals surface area contributed by atoms with Crippen LogP contribution in [0.15, 0.2) is 18.3 Å². The monoisotopic (exact) mass is 169 g/mol.